The van der Waals surface area contributed by atoms with Crippen molar-refractivity contribution in [1.82, 2.24) is 10.2 Å². The number of fused-ring (bicyclic) bond motifs is 2. The Morgan fingerprint density at radius 2 is 1.84 bits per heavy atom. The standard InChI is InChI=1S/C14H20N2O3/c17-13(16-6-1-4-15-5-7-16)11-9-2-3-10(8-9)12(11)14(18)19/h2-3,9-12,15H,1,4-8H2,(H,18,19). The third kappa shape index (κ3) is 2.16. The highest BCUT2D eigenvalue weighted by atomic mass is 16.4. The van der Waals surface area contributed by atoms with Crippen molar-refractivity contribution < 1.29 is 14.7 Å². The first kappa shape index (κ1) is 12.7. The largest absolute Gasteiger partial charge is 0.481 e. The fourth-order valence-corrected chi connectivity index (χ4v) is 3.77. The van der Waals surface area contributed by atoms with E-state index < -0.39 is 11.9 Å². The van der Waals surface area contributed by atoms with E-state index in [-0.39, 0.29) is 23.7 Å². The molecule has 4 unspecified atom stereocenters. The number of amides is 1. The Balaban J connectivity index is 1.78. The van der Waals surface area contributed by atoms with E-state index in [1.807, 2.05) is 17.1 Å². The molecule has 2 bridgehead atoms. The van der Waals surface area contributed by atoms with Crippen molar-refractivity contribution in [3.63, 3.8) is 0 Å². The molecule has 1 saturated heterocycles. The van der Waals surface area contributed by atoms with Gasteiger partial charge in [-0.15, -0.1) is 0 Å². The van der Waals surface area contributed by atoms with Gasteiger partial charge in [0.25, 0.3) is 0 Å². The summed E-state index contributed by atoms with van der Waals surface area (Å²) in [5, 5.41) is 12.7. The summed E-state index contributed by atoms with van der Waals surface area (Å²) in [7, 11) is 0. The Kier molecular flexibility index (Phi) is 3.31. The summed E-state index contributed by atoms with van der Waals surface area (Å²) >= 11 is 0. The van der Waals surface area contributed by atoms with E-state index >= 15 is 0 Å². The molecule has 1 saturated carbocycles. The van der Waals surface area contributed by atoms with Gasteiger partial charge in [0.05, 0.1) is 11.8 Å². The maximum atomic E-state index is 12.7. The van der Waals surface area contributed by atoms with E-state index in [2.05, 4.69) is 5.32 Å². The summed E-state index contributed by atoms with van der Waals surface area (Å²) in [6.07, 6.45) is 5.81. The lowest BCUT2D eigenvalue weighted by atomic mass is 9.82. The zero-order valence-electron chi connectivity index (χ0n) is 10.9. The van der Waals surface area contributed by atoms with Crippen LogP contribution in [0.25, 0.3) is 0 Å². The first-order chi connectivity index (χ1) is 9.18. The molecule has 0 aromatic carbocycles. The smallest absolute Gasteiger partial charge is 0.307 e. The van der Waals surface area contributed by atoms with Crippen molar-refractivity contribution in [2.24, 2.45) is 23.7 Å². The number of allylic oxidation sites excluding steroid dienone is 2. The van der Waals surface area contributed by atoms with Crippen molar-refractivity contribution in [1.29, 1.82) is 0 Å². The summed E-state index contributed by atoms with van der Waals surface area (Å²) in [5.74, 6) is -1.43. The quantitative estimate of drug-likeness (QED) is 0.705. The molecule has 1 heterocycles. The van der Waals surface area contributed by atoms with Crippen LogP contribution in [0.4, 0.5) is 0 Å². The van der Waals surface area contributed by atoms with Crippen LogP contribution in [0.1, 0.15) is 12.8 Å². The molecule has 1 aliphatic heterocycles. The number of rotatable bonds is 2. The van der Waals surface area contributed by atoms with Gasteiger partial charge >= 0.3 is 5.97 Å². The minimum Gasteiger partial charge on any atom is -0.481 e. The molecule has 0 radical (unpaired) electrons. The number of hydrogen-bond donors (Lipinski definition) is 2. The fraction of sp³-hybridized carbons (Fsp3) is 0.714. The number of carboxylic acid groups (broad SMARTS) is 1. The zero-order valence-corrected chi connectivity index (χ0v) is 10.9. The maximum absolute atomic E-state index is 12.7. The fourth-order valence-electron chi connectivity index (χ4n) is 3.77. The molecule has 5 nitrogen and oxygen atoms in total. The van der Waals surface area contributed by atoms with E-state index in [0.29, 0.717) is 6.54 Å². The molecule has 3 aliphatic rings. The first-order valence-electron chi connectivity index (χ1n) is 7.09. The molecule has 2 aliphatic carbocycles. The summed E-state index contributed by atoms with van der Waals surface area (Å²) in [5.41, 5.74) is 0. The number of carbonyl (C=O) groups is 2. The molecule has 19 heavy (non-hydrogen) atoms. The van der Waals surface area contributed by atoms with Crippen LogP contribution >= 0.6 is 0 Å². The lowest BCUT2D eigenvalue weighted by Gasteiger charge is -2.30. The molecular formula is C14H20N2O3. The molecule has 1 amide bonds. The normalized spacial score (nSPS) is 37.4. The first-order valence-corrected chi connectivity index (χ1v) is 7.09. The molecule has 104 valence electrons. The highest BCUT2D eigenvalue weighted by Crippen LogP contribution is 2.48. The molecule has 2 fully saturated rings. The van der Waals surface area contributed by atoms with Gasteiger partial charge < -0.3 is 15.3 Å². The lowest BCUT2D eigenvalue weighted by molar-refractivity contribution is -0.151. The molecule has 2 N–H and O–H groups in total. The monoisotopic (exact) mass is 264 g/mol. The van der Waals surface area contributed by atoms with Gasteiger partial charge in [0.2, 0.25) is 5.91 Å². The van der Waals surface area contributed by atoms with Crippen molar-refractivity contribution in [3.8, 4) is 0 Å². The van der Waals surface area contributed by atoms with Crippen LogP contribution in [0.3, 0.4) is 0 Å². The lowest BCUT2D eigenvalue weighted by Crippen LogP contribution is -2.44. The Labute approximate surface area is 112 Å². The molecule has 5 heteroatoms. The van der Waals surface area contributed by atoms with Crippen molar-refractivity contribution in [3.05, 3.63) is 12.2 Å². The number of aliphatic carboxylic acids is 1. The topological polar surface area (TPSA) is 69.6 Å². The van der Waals surface area contributed by atoms with Gasteiger partial charge in [-0.25, -0.2) is 0 Å². The van der Waals surface area contributed by atoms with Gasteiger partial charge in [0, 0.05) is 19.6 Å². The molecule has 0 spiro atoms. The van der Waals surface area contributed by atoms with E-state index in [9.17, 15) is 14.7 Å². The minimum atomic E-state index is -0.817. The van der Waals surface area contributed by atoms with Gasteiger partial charge in [-0.05, 0) is 31.2 Å². The van der Waals surface area contributed by atoms with Gasteiger partial charge in [0.15, 0.2) is 0 Å². The van der Waals surface area contributed by atoms with Gasteiger partial charge in [-0.2, -0.15) is 0 Å². The average molecular weight is 264 g/mol. The number of carbonyl (C=O) groups excluding carboxylic acids is 1. The van der Waals surface area contributed by atoms with Crippen LogP contribution in [0, 0.1) is 23.7 Å². The second-order valence-corrected chi connectivity index (χ2v) is 5.77. The van der Waals surface area contributed by atoms with E-state index in [0.717, 1.165) is 32.5 Å². The van der Waals surface area contributed by atoms with Gasteiger partial charge in [0.1, 0.15) is 0 Å². The maximum Gasteiger partial charge on any atom is 0.307 e. The van der Waals surface area contributed by atoms with Crippen LogP contribution in [0.5, 0.6) is 0 Å². The Bertz CT molecular complexity index is 413. The molecule has 3 rings (SSSR count). The Hall–Kier alpha value is -1.36. The molecule has 0 aromatic rings. The summed E-state index contributed by atoms with van der Waals surface area (Å²) in [4.78, 5) is 26.0. The number of hydrogen-bond acceptors (Lipinski definition) is 3. The highest BCUT2D eigenvalue weighted by Gasteiger charge is 2.52. The van der Waals surface area contributed by atoms with Gasteiger partial charge in [-0.1, -0.05) is 12.2 Å². The minimum absolute atomic E-state index is 0.0490. The van der Waals surface area contributed by atoms with Crippen molar-refractivity contribution >= 4 is 11.9 Å². The second-order valence-electron chi connectivity index (χ2n) is 5.77. The average Bonchev–Trinajstić information content (AvgIpc) is 2.89. The second kappa shape index (κ2) is 4.96. The molecule has 0 aromatic heterocycles. The Morgan fingerprint density at radius 1 is 1.11 bits per heavy atom. The SMILES string of the molecule is O=C(O)C1C2C=CC(C2)C1C(=O)N1CCCNCC1. The number of carboxylic acids is 1. The van der Waals surface area contributed by atoms with Crippen molar-refractivity contribution in [2.45, 2.75) is 12.8 Å². The molecule has 4 atom stereocenters. The van der Waals surface area contributed by atoms with Crippen LogP contribution < -0.4 is 5.32 Å². The summed E-state index contributed by atoms with van der Waals surface area (Å²) in [6.45, 7) is 3.18. The predicted molar refractivity (Wildman–Crippen MR) is 69.4 cm³/mol. The summed E-state index contributed by atoms with van der Waals surface area (Å²) < 4.78 is 0. The zero-order chi connectivity index (χ0) is 13.4. The third-order valence-electron chi connectivity index (χ3n) is 4.68. The van der Waals surface area contributed by atoms with Crippen LogP contribution in [0.15, 0.2) is 12.2 Å². The number of nitrogens with one attached hydrogen (secondary N) is 1. The Morgan fingerprint density at radius 3 is 2.58 bits per heavy atom. The predicted octanol–water partition coefficient (Wildman–Crippen LogP) is 0.331. The summed E-state index contributed by atoms with van der Waals surface area (Å²) in [6, 6.07) is 0. The number of nitrogens with zero attached hydrogens (tertiary/aromatic N) is 1. The van der Waals surface area contributed by atoms with Crippen molar-refractivity contribution in [2.75, 3.05) is 26.2 Å². The van der Waals surface area contributed by atoms with Crippen LogP contribution in [-0.4, -0.2) is 48.1 Å². The van der Waals surface area contributed by atoms with E-state index in [1.54, 1.807) is 0 Å². The molecular weight excluding hydrogens is 244 g/mol. The highest BCUT2D eigenvalue weighted by molar-refractivity contribution is 5.87. The van der Waals surface area contributed by atoms with E-state index in [1.165, 1.54) is 0 Å². The van der Waals surface area contributed by atoms with Crippen LogP contribution in [0.2, 0.25) is 0 Å². The van der Waals surface area contributed by atoms with Gasteiger partial charge in [-0.3, -0.25) is 9.59 Å². The van der Waals surface area contributed by atoms with E-state index in [4.69, 9.17) is 0 Å². The van der Waals surface area contributed by atoms with Crippen LogP contribution in [-0.2, 0) is 9.59 Å². The third-order valence-corrected chi connectivity index (χ3v) is 4.68.